The molecular formula is C15H20N2O3S. The molecule has 0 aromatic heterocycles. The van der Waals surface area contributed by atoms with E-state index in [-0.39, 0.29) is 11.5 Å². The molecule has 6 heteroatoms. The van der Waals surface area contributed by atoms with E-state index < -0.39 is 5.97 Å². The number of carboxylic acid groups (broad SMARTS) is 1. The summed E-state index contributed by atoms with van der Waals surface area (Å²) in [4.78, 5) is 23.2. The van der Waals surface area contributed by atoms with E-state index in [4.69, 9.17) is 0 Å². The van der Waals surface area contributed by atoms with E-state index in [1.165, 1.54) is 0 Å². The third-order valence-electron chi connectivity index (χ3n) is 3.42. The van der Waals surface area contributed by atoms with Crippen molar-refractivity contribution in [3.8, 4) is 0 Å². The van der Waals surface area contributed by atoms with Gasteiger partial charge in [0.05, 0.1) is 17.0 Å². The standard InChI is InChI=1S/C15H20N2O3S/c1-10-2-3-13(12(8-10)15(19)20)17-14(18)9-21-11-4-6-16-7-5-11/h2-3,8,11,16H,4-7,9H2,1H3,(H,17,18)(H,19,20). The molecule has 0 saturated carbocycles. The Hall–Kier alpha value is -1.53. The first-order valence-corrected chi connectivity index (χ1v) is 8.07. The predicted octanol–water partition coefficient (Wildman–Crippen LogP) is 2.12. The highest BCUT2D eigenvalue weighted by molar-refractivity contribution is 8.00. The average molecular weight is 308 g/mol. The summed E-state index contributed by atoms with van der Waals surface area (Å²) in [5.41, 5.74) is 1.36. The van der Waals surface area contributed by atoms with E-state index in [1.807, 2.05) is 6.92 Å². The van der Waals surface area contributed by atoms with Crippen molar-refractivity contribution in [2.45, 2.75) is 25.0 Å². The van der Waals surface area contributed by atoms with Crippen LogP contribution in [-0.4, -0.2) is 41.1 Å². The molecule has 3 N–H and O–H groups in total. The molecule has 1 fully saturated rings. The molecule has 1 heterocycles. The quantitative estimate of drug-likeness (QED) is 0.776. The number of carbonyl (C=O) groups is 2. The number of hydrogen-bond acceptors (Lipinski definition) is 4. The number of nitrogens with one attached hydrogen (secondary N) is 2. The Morgan fingerprint density at radius 3 is 2.76 bits per heavy atom. The topological polar surface area (TPSA) is 78.4 Å². The van der Waals surface area contributed by atoms with E-state index in [0.29, 0.717) is 16.7 Å². The maximum Gasteiger partial charge on any atom is 0.337 e. The number of carboxylic acids is 1. The molecule has 1 aliphatic rings. The molecule has 2 rings (SSSR count). The summed E-state index contributed by atoms with van der Waals surface area (Å²) in [6.45, 7) is 3.83. The number of amides is 1. The van der Waals surface area contributed by atoms with E-state index >= 15 is 0 Å². The summed E-state index contributed by atoms with van der Waals surface area (Å²) >= 11 is 1.64. The van der Waals surface area contributed by atoms with Gasteiger partial charge in [-0.1, -0.05) is 11.6 Å². The number of carbonyl (C=O) groups excluding carboxylic acids is 1. The van der Waals surface area contributed by atoms with Crippen molar-refractivity contribution in [3.05, 3.63) is 29.3 Å². The van der Waals surface area contributed by atoms with Gasteiger partial charge in [-0.3, -0.25) is 4.79 Å². The monoisotopic (exact) mass is 308 g/mol. The van der Waals surface area contributed by atoms with Crippen molar-refractivity contribution in [1.82, 2.24) is 5.32 Å². The fourth-order valence-corrected chi connectivity index (χ4v) is 3.31. The van der Waals surface area contributed by atoms with E-state index in [2.05, 4.69) is 10.6 Å². The Labute approximate surface area is 128 Å². The highest BCUT2D eigenvalue weighted by Gasteiger charge is 2.16. The van der Waals surface area contributed by atoms with Gasteiger partial charge in [0.1, 0.15) is 0 Å². The maximum atomic E-state index is 12.0. The van der Waals surface area contributed by atoms with Crippen LogP contribution in [-0.2, 0) is 4.79 Å². The van der Waals surface area contributed by atoms with Gasteiger partial charge in [-0.2, -0.15) is 0 Å². The average Bonchev–Trinajstić information content (AvgIpc) is 2.48. The summed E-state index contributed by atoms with van der Waals surface area (Å²) in [5, 5.41) is 15.7. The van der Waals surface area contributed by atoms with Gasteiger partial charge in [-0.05, 0) is 45.0 Å². The lowest BCUT2D eigenvalue weighted by Gasteiger charge is -2.21. The van der Waals surface area contributed by atoms with Crippen LogP contribution in [0.4, 0.5) is 5.69 Å². The van der Waals surface area contributed by atoms with E-state index in [1.54, 1.807) is 30.0 Å². The zero-order valence-corrected chi connectivity index (χ0v) is 12.8. The van der Waals surface area contributed by atoms with Gasteiger partial charge in [0.2, 0.25) is 5.91 Å². The number of thioether (sulfide) groups is 1. The molecule has 114 valence electrons. The Balaban J connectivity index is 1.91. The second kappa shape index (κ2) is 7.47. The zero-order valence-electron chi connectivity index (χ0n) is 12.0. The van der Waals surface area contributed by atoms with Crippen LogP contribution < -0.4 is 10.6 Å². The number of piperidine rings is 1. The summed E-state index contributed by atoms with van der Waals surface area (Å²) in [5.74, 6) is -0.817. The Bertz CT molecular complexity index is 528. The van der Waals surface area contributed by atoms with Crippen molar-refractivity contribution in [3.63, 3.8) is 0 Å². The number of benzene rings is 1. The molecule has 1 aromatic rings. The minimum atomic E-state index is -1.03. The minimum Gasteiger partial charge on any atom is -0.478 e. The Kier molecular flexibility index (Phi) is 5.64. The van der Waals surface area contributed by atoms with Crippen molar-refractivity contribution in [1.29, 1.82) is 0 Å². The summed E-state index contributed by atoms with van der Waals surface area (Å²) < 4.78 is 0. The first kappa shape index (κ1) is 15.9. The van der Waals surface area contributed by atoms with Gasteiger partial charge in [-0.15, -0.1) is 11.8 Å². The van der Waals surface area contributed by atoms with Crippen LogP contribution in [0.3, 0.4) is 0 Å². The van der Waals surface area contributed by atoms with E-state index in [0.717, 1.165) is 31.5 Å². The maximum absolute atomic E-state index is 12.0. The molecule has 1 saturated heterocycles. The van der Waals surface area contributed by atoms with Crippen LogP contribution in [0.1, 0.15) is 28.8 Å². The molecule has 1 aliphatic heterocycles. The number of anilines is 1. The number of rotatable bonds is 5. The van der Waals surface area contributed by atoms with Crippen molar-refractivity contribution < 1.29 is 14.7 Å². The van der Waals surface area contributed by atoms with E-state index in [9.17, 15) is 14.7 Å². The third-order valence-corrected chi connectivity index (χ3v) is 4.79. The van der Waals surface area contributed by atoms with Crippen LogP contribution in [0.2, 0.25) is 0 Å². The lowest BCUT2D eigenvalue weighted by molar-refractivity contribution is -0.113. The molecule has 0 bridgehead atoms. The minimum absolute atomic E-state index is 0.134. The fraction of sp³-hybridized carbons (Fsp3) is 0.467. The number of aromatic carboxylic acids is 1. The summed E-state index contributed by atoms with van der Waals surface area (Å²) in [7, 11) is 0. The lowest BCUT2D eigenvalue weighted by Crippen LogP contribution is -2.30. The molecule has 21 heavy (non-hydrogen) atoms. The highest BCUT2D eigenvalue weighted by atomic mass is 32.2. The number of hydrogen-bond donors (Lipinski definition) is 3. The van der Waals surface area contributed by atoms with Crippen LogP contribution in [0.15, 0.2) is 18.2 Å². The summed E-state index contributed by atoms with van der Waals surface area (Å²) in [6.07, 6.45) is 2.14. The van der Waals surface area contributed by atoms with Gasteiger partial charge < -0.3 is 15.7 Å². The van der Waals surface area contributed by atoms with Crippen molar-refractivity contribution in [2.24, 2.45) is 0 Å². The first-order valence-electron chi connectivity index (χ1n) is 7.02. The van der Waals surface area contributed by atoms with Crippen LogP contribution in [0.5, 0.6) is 0 Å². The van der Waals surface area contributed by atoms with Gasteiger partial charge in [-0.25, -0.2) is 4.79 Å². The molecule has 0 spiro atoms. The van der Waals surface area contributed by atoms with Gasteiger partial charge in [0.15, 0.2) is 0 Å². The molecule has 0 atom stereocenters. The Morgan fingerprint density at radius 2 is 2.10 bits per heavy atom. The van der Waals surface area contributed by atoms with Crippen molar-refractivity contribution in [2.75, 3.05) is 24.2 Å². The van der Waals surface area contributed by atoms with Gasteiger partial charge >= 0.3 is 5.97 Å². The normalized spacial score (nSPS) is 15.7. The zero-order chi connectivity index (χ0) is 15.2. The Morgan fingerprint density at radius 1 is 1.38 bits per heavy atom. The summed E-state index contributed by atoms with van der Waals surface area (Å²) in [6, 6.07) is 5.01. The first-order chi connectivity index (χ1) is 10.1. The molecular weight excluding hydrogens is 288 g/mol. The molecule has 0 radical (unpaired) electrons. The third kappa shape index (κ3) is 4.75. The molecule has 1 aromatic carbocycles. The predicted molar refractivity (Wildman–Crippen MR) is 85.1 cm³/mol. The van der Waals surface area contributed by atoms with Crippen LogP contribution in [0, 0.1) is 6.92 Å². The SMILES string of the molecule is Cc1ccc(NC(=O)CSC2CCNCC2)c(C(=O)O)c1. The molecule has 5 nitrogen and oxygen atoms in total. The van der Waals surface area contributed by atoms with Gasteiger partial charge in [0.25, 0.3) is 0 Å². The molecule has 0 unspecified atom stereocenters. The van der Waals surface area contributed by atoms with Crippen LogP contribution >= 0.6 is 11.8 Å². The second-order valence-corrected chi connectivity index (χ2v) is 6.45. The van der Waals surface area contributed by atoms with Crippen LogP contribution in [0.25, 0.3) is 0 Å². The molecule has 0 aliphatic carbocycles. The van der Waals surface area contributed by atoms with Crippen molar-refractivity contribution >= 4 is 29.3 Å². The largest absolute Gasteiger partial charge is 0.478 e. The molecule has 1 amide bonds. The number of aryl methyl sites for hydroxylation is 1. The fourth-order valence-electron chi connectivity index (χ4n) is 2.29. The lowest BCUT2D eigenvalue weighted by atomic mass is 10.1. The van der Waals surface area contributed by atoms with Gasteiger partial charge in [0, 0.05) is 5.25 Å². The second-order valence-electron chi connectivity index (χ2n) is 5.16. The smallest absolute Gasteiger partial charge is 0.337 e. The highest BCUT2D eigenvalue weighted by Crippen LogP contribution is 2.21.